The minimum Gasteiger partial charge on any atom is -0.497 e. The summed E-state index contributed by atoms with van der Waals surface area (Å²) in [5.41, 5.74) is 2.85. The summed E-state index contributed by atoms with van der Waals surface area (Å²) < 4.78 is 11.0. The molecule has 0 radical (unpaired) electrons. The highest BCUT2D eigenvalue weighted by molar-refractivity contribution is 5.75. The smallest absolute Gasteiger partial charge is 0.310 e. The molecule has 2 saturated carbocycles. The van der Waals surface area contributed by atoms with Gasteiger partial charge in [0.05, 0.1) is 13.0 Å². The van der Waals surface area contributed by atoms with E-state index in [-0.39, 0.29) is 23.4 Å². The summed E-state index contributed by atoms with van der Waals surface area (Å²) >= 11 is 0. The monoisotopic (exact) mass is 369 g/mol. The lowest BCUT2D eigenvalue weighted by atomic mass is 9.55. The molecule has 0 amide bonds. The maximum atomic E-state index is 12.6. The van der Waals surface area contributed by atoms with E-state index in [1.807, 2.05) is 12.1 Å². The Bertz CT molecular complexity index is 713. The van der Waals surface area contributed by atoms with Crippen LogP contribution in [0.15, 0.2) is 36.4 Å². The van der Waals surface area contributed by atoms with Gasteiger partial charge < -0.3 is 14.8 Å². The Morgan fingerprint density at radius 1 is 1.33 bits per heavy atom. The molecule has 4 heteroatoms. The SMILES string of the molecule is C=C1CCC[C@]2(C)C[C@H]3OC(=O)[C@@H](CNCc4ccc(OC)cc4)[C@@H]3C[C@H]12. The van der Waals surface area contributed by atoms with Crippen LogP contribution in [0.5, 0.6) is 5.75 Å². The third kappa shape index (κ3) is 3.52. The quantitative estimate of drug-likeness (QED) is 0.627. The fourth-order valence-electron chi connectivity index (χ4n) is 5.60. The van der Waals surface area contributed by atoms with Crippen LogP contribution < -0.4 is 10.1 Å². The number of carbonyl (C=O) groups is 1. The van der Waals surface area contributed by atoms with Gasteiger partial charge in [-0.05, 0) is 61.1 Å². The molecule has 0 spiro atoms. The van der Waals surface area contributed by atoms with Crippen molar-refractivity contribution in [2.45, 2.75) is 51.7 Å². The van der Waals surface area contributed by atoms with E-state index in [0.717, 1.165) is 31.6 Å². The number of methoxy groups -OCH3 is 1. The van der Waals surface area contributed by atoms with Gasteiger partial charge in [0.1, 0.15) is 11.9 Å². The Balaban J connectivity index is 1.38. The zero-order valence-corrected chi connectivity index (χ0v) is 16.5. The van der Waals surface area contributed by atoms with Crippen molar-refractivity contribution < 1.29 is 14.3 Å². The lowest BCUT2D eigenvalue weighted by molar-refractivity contribution is -0.146. The third-order valence-corrected chi connectivity index (χ3v) is 7.17. The molecule has 4 nitrogen and oxygen atoms in total. The summed E-state index contributed by atoms with van der Waals surface area (Å²) in [6.07, 6.45) is 5.76. The zero-order chi connectivity index (χ0) is 19.0. The van der Waals surface area contributed by atoms with Gasteiger partial charge in [-0.3, -0.25) is 4.79 Å². The maximum Gasteiger partial charge on any atom is 0.310 e. The number of esters is 1. The first-order chi connectivity index (χ1) is 13.0. The minimum atomic E-state index is -0.0347. The predicted molar refractivity (Wildman–Crippen MR) is 105 cm³/mol. The molecule has 1 aliphatic heterocycles. The first-order valence-electron chi connectivity index (χ1n) is 10.2. The lowest BCUT2D eigenvalue weighted by Crippen LogP contribution is -2.45. The molecule has 0 bridgehead atoms. The van der Waals surface area contributed by atoms with Crippen LogP contribution in [0, 0.1) is 23.2 Å². The average Bonchev–Trinajstić information content (AvgIpc) is 2.95. The highest BCUT2D eigenvalue weighted by Gasteiger charge is 2.54. The number of benzene rings is 1. The van der Waals surface area contributed by atoms with Crippen LogP contribution in [-0.4, -0.2) is 25.7 Å². The summed E-state index contributed by atoms with van der Waals surface area (Å²) in [7, 11) is 1.67. The van der Waals surface area contributed by atoms with E-state index in [2.05, 4.69) is 31.0 Å². The van der Waals surface area contributed by atoms with E-state index < -0.39 is 0 Å². The Morgan fingerprint density at radius 3 is 2.85 bits per heavy atom. The fourth-order valence-corrected chi connectivity index (χ4v) is 5.60. The summed E-state index contributed by atoms with van der Waals surface area (Å²) in [4.78, 5) is 12.6. The van der Waals surface area contributed by atoms with Gasteiger partial charge in [-0.1, -0.05) is 31.2 Å². The number of allylic oxidation sites excluding steroid dienone is 1. The van der Waals surface area contributed by atoms with Gasteiger partial charge in [0, 0.05) is 19.0 Å². The van der Waals surface area contributed by atoms with Gasteiger partial charge >= 0.3 is 5.97 Å². The zero-order valence-electron chi connectivity index (χ0n) is 16.5. The molecule has 1 saturated heterocycles. The van der Waals surface area contributed by atoms with Crippen LogP contribution in [-0.2, 0) is 16.1 Å². The highest BCUT2D eigenvalue weighted by atomic mass is 16.6. The molecule has 1 aromatic rings. The molecule has 0 aromatic heterocycles. The molecule has 27 heavy (non-hydrogen) atoms. The van der Waals surface area contributed by atoms with E-state index in [1.54, 1.807) is 7.11 Å². The fraction of sp³-hybridized carbons (Fsp3) is 0.609. The Kier molecular flexibility index (Phi) is 5.02. The molecule has 146 valence electrons. The number of nitrogens with one attached hydrogen (secondary N) is 1. The molecule has 4 rings (SSSR count). The van der Waals surface area contributed by atoms with Crippen LogP contribution >= 0.6 is 0 Å². The van der Waals surface area contributed by atoms with Crippen molar-refractivity contribution in [2.75, 3.05) is 13.7 Å². The van der Waals surface area contributed by atoms with E-state index in [9.17, 15) is 4.79 Å². The second-order valence-electron chi connectivity index (χ2n) is 8.88. The first kappa shape index (κ1) is 18.5. The number of hydrogen-bond donors (Lipinski definition) is 1. The van der Waals surface area contributed by atoms with E-state index >= 15 is 0 Å². The third-order valence-electron chi connectivity index (χ3n) is 7.17. The van der Waals surface area contributed by atoms with Gasteiger partial charge in [-0.15, -0.1) is 0 Å². The predicted octanol–water partition coefficient (Wildman–Crippen LogP) is 4.10. The number of rotatable bonds is 5. The number of fused-ring (bicyclic) bond motifs is 2. The summed E-state index contributed by atoms with van der Waals surface area (Å²) in [6.45, 7) is 8.17. The molecule has 1 aromatic carbocycles. The topological polar surface area (TPSA) is 47.6 Å². The van der Waals surface area contributed by atoms with Crippen molar-refractivity contribution in [3.05, 3.63) is 42.0 Å². The van der Waals surface area contributed by atoms with Crippen LogP contribution in [0.25, 0.3) is 0 Å². The Hall–Kier alpha value is -1.81. The van der Waals surface area contributed by atoms with Crippen molar-refractivity contribution in [3.8, 4) is 5.75 Å². The number of hydrogen-bond acceptors (Lipinski definition) is 4. The van der Waals surface area contributed by atoms with Gasteiger partial charge in [0.15, 0.2) is 0 Å². The second kappa shape index (κ2) is 7.31. The minimum absolute atomic E-state index is 0.0138. The molecule has 2 aliphatic carbocycles. The largest absolute Gasteiger partial charge is 0.497 e. The summed E-state index contributed by atoms with van der Waals surface area (Å²) in [6, 6.07) is 8.04. The van der Waals surface area contributed by atoms with E-state index in [0.29, 0.717) is 18.4 Å². The molecule has 1 heterocycles. The molecule has 0 unspecified atom stereocenters. The lowest BCUT2D eigenvalue weighted by Gasteiger charge is -2.50. The highest BCUT2D eigenvalue weighted by Crippen LogP contribution is 2.56. The molecule has 5 atom stereocenters. The van der Waals surface area contributed by atoms with Crippen molar-refractivity contribution >= 4 is 5.97 Å². The normalized spacial score (nSPS) is 35.3. The maximum absolute atomic E-state index is 12.6. The van der Waals surface area contributed by atoms with Gasteiger partial charge in [0.2, 0.25) is 0 Å². The van der Waals surface area contributed by atoms with Gasteiger partial charge in [-0.2, -0.15) is 0 Å². The molecule has 3 fully saturated rings. The van der Waals surface area contributed by atoms with Gasteiger partial charge in [0.25, 0.3) is 0 Å². The van der Waals surface area contributed by atoms with Crippen molar-refractivity contribution in [1.29, 1.82) is 0 Å². The average molecular weight is 370 g/mol. The van der Waals surface area contributed by atoms with Crippen molar-refractivity contribution in [3.63, 3.8) is 0 Å². The second-order valence-corrected chi connectivity index (χ2v) is 8.88. The number of ether oxygens (including phenoxy) is 2. The molecular formula is C23H31NO3. The van der Waals surface area contributed by atoms with Crippen LogP contribution in [0.3, 0.4) is 0 Å². The van der Waals surface area contributed by atoms with E-state index in [4.69, 9.17) is 9.47 Å². The first-order valence-corrected chi connectivity index (χ1v) is 10.2. The Morgan fingerprint density at radius 2 is 2.11 bits per heavy atom. The van der Waals surface area contributed by atoms with Crippen molar-refractivity contribution in [1.82, 2.24) is 5.32 Å². The number of carbonyl (C=O) groups excluding carboxylic acids is 1. The van der Waals surface area contributed by atoms with Gasteiger partial charge in [-0.25, -0.2) is 0 Å². The summed E-state index contributed by atoms with van der Waals surface area (Å²) in [5.74, 6) is 1.69. The standard InChI is InChI=1S/C23H31NO3/c1-15-5-4-10-23(2)12-21-18(11-20(15)23)19(22(25)27-21)14-24-13-16-6-8-17(26-3)9-7-16/h6-9,18-21,24H,1,4-5,10-14H2,2-3H3/t18-,19-,20+,21+,23+/m0/s1. The van der Waals surface area contributed by atoms with Crippen LogP contribution in [0.1, 0.15) is 44.6 Å². The Labute approximate surface area is 162 Å². The van der Waals surface area contributed by atoms with Crippen LogP contribution in [0.4, 0.5) is 0 Å². The molecular weight excluding hydrogens is 338 g/mol. The van der Waals surface area contributed by atoms with Crippen molar-refractivity contribution in [2.24, 2.45) is 23.2 Å². The molecule has 1 N–H and O–H groups in total. The summed E-state index contributed by atoms with van der Waals surface area (Å²) in [5, 5.41) is 3.47. The van der Waals surface area contributed by atoms with Crippen LogP contribution in [0.2, 0.25) is 0 Å². The van der Waals surface area contributed by atoms with E-state index in [1.165, 1.54) is 24.0 Å². The molecule has 3 aliphatic rings.